The van der Waals surface area contributed by atoms with E-state index in [-0.39, 0.29) is 17.9 Å². The lowest BCUT2D eigenvalue weighted by Crippen LogP contribution is -2.30. The molecule has 1 aromatic carbocycles. The molecule has 1 amide bonds. The molecule has 0 unspecified atom stereocenters. The first-order valence-corrected chi connectivity index (χ1v) is 12.0. The van der Waals surface area contributed by atoms with Crippen LogP contribution in [0, 0.1) is 5.82 Å². The molecule has 8 nitrogen and oxygen atoms in total. The van der Waals surface area contributed by atoms with Crippen molar-refractivity contribution in [2.75, 3.05) is 36.1 Å². The van der Waals surface area contributed by atoms with Crippen molar-refractivity contribution in [1.29, 1.82) is 0 Å². The monoisotopic (exact) mass is 456 g/mol. The van der Waals surface area contributed by atoms with Gasteiger partial charge in [-0.1, -0.05) is 0 Å². The van der Waals surface area contributed by atoms with Gasteiger partial charge in [0.25, 0.3) is 0 Å². The van der Waals surface area contributed by atoms with E-state index in [0.717, 1.165) is 53.5 Å². The quantitative estimate of drug-likeness (QED) is 0.559. The summed E-state index contributed by atoms with van der Waals surface area (Å²) in [7, 11) is 0. The van der Waals surface area contributed by atoms with Crippen molar-refractivity contribution in [2.45, 2.75) is 36.2 Å². The Bertz CT molecular complexity index is 1150. The number of carboxylic acid groups (broad SMARTS) is 1. The van der Waals surface area contributed by atoms with E-state index in [1.165, 1.54) is 11.0 Å². The summed E-state index contributed by atoms with van der Waals surface area (Å²) in [6, 6.07) is 8.99. The molecule has 2 fully saturated rings. The Labute approximate surface area is 189 Å². The molecule has 0 radical (unpaired) electrons. The van der Waals surface area contributed by atoms with Crippen molar-refractivity contribution in [3.05, 3.63) is 47.9 Å². The van der Waals surface area contributed by atoms with Crippen LogP contribution >= 0.6 is 11.8 Å². The standard InChI is InChI=1S/C22H25FN6O2S/c1-32-18-5-4-14(23)11-16(18)17-3-2-9-28(17)20-7-6-19-24-12-21(29(19)26-20)25-15-8-10-27(13-15)22(30)31/h4-7,11-12,15,17,25H,2-3,8-10,13H2,1H3,(H,30,31)/t15-,17+/m0/s1. The maximum Gasteiger partial charge on any atom is 0.407 e. The molecule has 4 heterocycles. The summed E-state index contributed by atoms with van der Waals surface area (Å²) in [5.41, 5.74) is 1.72. The number of halogens is 1. The molecule has 5 rings (SSSR count). The summed E-state index contributed by atoms with van der Waals surface area (Å²) in [5, 5.41) is 17.4. The number of hydrogen-bond acceptors (Lipinski definition) is 6. The Morgan fingerprint density at radius 2 is 2.12 bits per heavy atom. The smallest absolute Gasteiger partial charge is 0.407 e. The second-order valence-corrected chi connectivity index (χ2v) is 9.05. The summed E-state index contributed by atoms with van der Waals surface area (Å²) in [5.74, 6) is 1.34. The van der Waals surface area contributed by atoms with Gasteiger partial charge in [0.1, 0.15) is 17.5 Å². The first-order chi connectivity index (χ1) is 15.5. The Morgan fingerprint density at radius 3 is 2.91 bits per heavy atom. The van der Waals surface area contributed by atoms with E-state index >= 15 is 0 Å². The van der Waals surface area contributed by atoms with Gasteiger partial charge in [0.15, 0.2) is 5.65 Å². The molecule has 2 aromatic heterocycles. The molecule has 3 aromatic rings. The fraction of sp³-hybridized carbons (Fsp3) is 0.409. The Hall–Kier alpha value is -3.01. The molecule has 32 heavy (non-hydrogen) atoms. The lowest BCUT2D eigenvalue weighted by atomic mass is 10.0. The lowest BCUT2D eigenvalue weighted by molar-refractivity contribution is 0.155. The second kappa shape index (κ2) is 8.50. The highest BCUT2D eigenvalue weighted by Gasteiger charge is 2.30. The first kappa shape index (κ1) is 20.9. The average molecular weight is 457 g/mol. The number of anilines is 2. The van der Waals surface area contributed by atoms with Gasteiger partial charge < -0.3 is 20.2 Å². The normalized spacial score (nSPS) is 20.9. The zero-order valence-corrected chi connectivity index (χ0v) is 18.6. The summed E-state index contributed by atoms with van der Waals surface area (Å²) in [6.45, 7) is 1.80. The maximum atomic E-state index is 14.1. The predicted octanol–water partition coefficient (Wildman–Crippen LogP) is 4.10. The van der Waals surface area contributed by atoms with Crippen LogP contribution in [0.25, 0.3) is 5.65 Å². The summed E-state index contributed by atoms with van der Waals surface area (Å²) >= 11 is 1.63. The Balaban J connectivity index is 1.43. The number of aromatic nitrogens is 3. The molecule has 10 heteroatoms. The van der Waals surface area contributed by atoms with Gasteiger partial charge in [-0.2, -0.15) is 4.52 Å². The van der Waals surface area contributed by atoms with E-state index in [1.54, 1.807) is 28.5 Å². The molecule has 0 spiro atoms. The Morgan fingerprint density at radius 1 is 1.25 bits per heavy atom. The van der Waals surface area contributed by atoms with Crippen molar-refractivity contribution >= 4 is 35.1 Å². The van der Waals surface area contributed by atoms with E-state index in [4.69, 9.17) is 5.10 Å². The highest BCUT2D eigenvalue weighted by molar-refractivity contribution is 7.98. The van der Waals surface area contributed by atoms with Crippen molar-refractivity contribution in [3.8, 4) is 0 Å². The molecule has 0 aliphatic carbocycles. The SMILES string of the molecule is CSc1ccc(F)cc1[C@H]1CCCN1c1ccc2ncc(N[C@H]3CCN(C(=O)O)C3)n2n1. The number of hydrogen-bond donors (Lipinski definition) is 2. The largest absolute Gasteiger partial charge is 0.465 e. The summed E-state index contributed by atoms with van der Waals surface area (Å²) in [6.07, 6.45) is 5.54. The molecule has 2 N–H and O–H groups in total. The number of carbonyl (C=O) groups is 1. The fourth-order valence-corrected chi connectivity index (χ4v) is 5.34. The minimum atomic E-state index is -0.894. The minimum absolute atomic E-state index is 0.0208. The zero-order valence-electron chi connectivity index (χ0n) is 17.7. The van der Waals surface area contributed by atoms with E-state index in [1.807, 2.05) is 24.5 Å². The number of amides is 1. The van der Waals surface area contributed by atoms with Gasteiger partial charge in [0.2, 0.25) is 0 Å². The van der Waals surface area contributed by atoms with Crippen LogP contribution in [0.4, 0.5) is 20.8 Å². The number of rotatable bonds is 5. The van der Waals surface area contributed by atoms with E-state index in [0.29, 0.717) is 13.1 Å². The van der Waals surface area contributed by atoms with E-state index in [2.05, 4.69) is 15.2 Å². The van der Waals surface area contributed by atoms with Gasteiger partial charge in [-0.3, -0.25) is 0 Å². The van der Waals surface area contributed by atoms with Crippen molar-refractivity contribution in [3.63, 3.8) is 0 Å². The number of thioether (sulfide) groups is 1. The third-order valence-electron chi connectivity index (χ3n) is 6.26. The number of benzene rings is 1. The van der Waals surface area contributed by atoms with Gasteiger partial charge >= 0.3 is 6.09 Å². The predicted molar refractivity (Wildman–Crippen MR) is 122 cm³/mol. The number of likely N-dealkylation sites (tertiary alicyclic amines) is 1. The number of nitrogens with zero attached hydrogens (tertiary/aromatic N) is 5. The number of nitrogens with one attached hydrogen (secondary N) is 1. The fourth-order valence-electron chi connectivity index (χ4n) is 4.71. The second-order valence-electron chi connectivity index (χ2n) is 8.20. The molecular formula is C22H25FN6O2S. The Kier molecular flexibility index (Phi) is 5.54. The maximum absolute atomic E-state index is 14.1. The molecule has 2 aliphatic heterocycles. The molecule has 0 saturated carbocycles. The molecule has 2 saturated heterocycles. The van der Waals surface area contributed by atoms with Crippen LogP contribution < -0.4 is 10.2 Å². The third-order valence-corrected chi connectivity index (χ3v) is 7.07. The van der Waals surface area contributed by atoms with Crippen LogP contribution in [0.1, 0.15) is 30.9 Å². The van der Waals surface area contributed by atoms with Crippen LogP contribution in [0.15, 0.2) is 41.4 Å². The van der Waals surface area contributed by atoms with Gasteiger partial charge in [-0.25, -0.2) is 14.2 Å². The van der Waals surface area contributed by atoms with Crippen LogP contribution in [0.3, 0.4) is 0 Å². The van der Waals surface area contributed by atoms with Crippen molar-refractivity contribution < 1.29 is 14.3 Å². The average Bonchev–Trinajstić information content (AvgIpc) is 3.54. The van der Waals surface area contributed by atoms with E-state index < -0.39 is 6.09 Å². The minimum Gasteiger partial charge on any atom is -0.465 e. The van der Waals surface area contributed by atoms with E-state index in [9.17, 15) is 14.3 Å². The lowest BCUT2D eigenvalue weighted by Gasteiger charge is -2.27. The van der Waals surface area contributed by atoms with Gasteiger partial charge in [-0.15, -0.1) is 16.9 Å². The van der Waals surface area contributed by atoms with Crippen LogP contribution in [0.5, 0.6) is 0 Å². The highest BCUT2D eigenvalue weighted by Crippen LogP contribution is 2.39. The molecule has 168 valence electrons. The van der Waals surface area contributed by atoms with Crippen LogP contribution in [-0.2, 0) is 0 Å². The zero-order chi connectivity index (χ0) is 22.2. The topological polar surface area (TPSA) is 86.0 Å². The molecule has 2 aliphatic rings. The highest BCUT2D eigenvalue weighted by atomic mass is 32.2. The van der Waals surface area contributed by atoms with Crippen LogP contribution in [-0.4, -0.2) is 62.6 Å². The van der Waals surface area contributed by atoms with Gasteiger partial charge in [-0.05, 0) is 61.4 Å². The number of fused-ring (bicyclic) bond motifs is 1. The molecule has 2 atom stereocenters. The summed E-state index contributed by atoms with van der Waals surface area (Å²) in [4.78, 5) is 20.4. The summed E-state index contributed by atoms with van der Waals surface area (Å²) < 4.78 is 15.8. The first-order valence-electron chi connectivity index (χ1n) is 10.7. The number of imidazole rings is 1. The molecular weight excluding hydrogens is 431 g/mol. The van der Waals surface area contributed by atoms with Crippen molar-refractivity contribution in [2.24, 2.45) is 0 Å². The van der Waals surface area contributed by atoms with Crippen molar-refractivity contribution in [1.82, 2.24) is 19.5 Å². The van der Waals surface area contributed by atoms with Crippen LogP contribution in [0.2, 0.25) is 0 Å². The third kappa shape index (κ3) is 3.83. The van der Waals surface area contributed by atoms with Gasteiger partial charge in [0, 0.05) is 30.6 Å². The molecule has 0 bridgehead atoms. The van der Waals surface area contributed by atoms with Gasteiger partial charge in [0.05, 0.1) is 12.2 Å².